The van der Waals surface area contributed by atoms with Crippen LogP contribution in [0, 0.1) is 13.0 Å². The van der Waals surface area contributed by atoms with E-state index in [1.165, 1.54) is 21.9 Å². The van der Waals surface area contributed by atoms with Gasteiger partial charge in [0.2, 0.25) is 0 Å². The van der Waals surface area contributed by atoms with E-state index in [9.17, 15) is 0 Å². The molecular formula is C47H35N5Pt. The standard InChI is InChI=1S/C47H35N5.Pt/c1-29-19-24-40-38(26-29)34-22-20-30(27-42(34)52(40)43-18-8-9-25-48-43)33-14-11-17-41-45(33)50-46(51(41)32-12-6-5-7-13-32)36-16-10-15-35-37-28-31(47(2,3)4)21-23-39(37)49-44(35)36;/h5-26,28H,1-4H3;/q-2;+2. The maximum atomic E-state index is 5.51. The average molecular weight is 865 g/mol. The van der Waals surface area contributed by atoms with Gasteiger partial charge in [0.15, 0.2) is 0 Å². The molecule has 0 N–H and O–H groups in total. The number of para-hydroxylation sites is 3. The van der Waals surface area contributed by atoms with E-state index in [2.05, 4.69) is 164 Å². The van der Waals surface area contributed by atoms with E-state index in [0.29, 0.717) is 0 Å². The molecule has 0 saturated carbocycles. The number of aryl methyl sites for hydroxylation is 1. The molecule has 10 aromatic rings. The van der Waals surface area contributed by atoms with Crippen LogP contribution in [0.2, 0.25) is 0 Å². The fourth-order valence-electron chi connectivity index (χ4n) is 7.77. The summed E-state index contributed by atoms with van der Waals surface area (Å²) in [7, 11) is 0. The molecule has 0 amide bonds. The molecule has 0 saturated heterocycles. The first-order chi connectivity index (χ1) is 25.3. The third-order valence-corrected chi connectivity index (χ3v) is 10.4. The van der Waals surface area contributed by atoms with Crippen molar-refractivity contribution in [2.45, 2.75) is 33.1 Å². The second-order valence-electron chi connectivity index (χ2n) is 14.8. The zero-order valence-corrected chi connectivity index (χ0v) is 32.1. The van der Waals surface area contributed by atoms with Crippen molar-refractivity contribution in [2.24, 2.45) is 0 Å². The van der Waals surface area contributed by atoms with Gasteiger partial charge in [-0.05, 0) is 76.0 Å². The fourth-order valence-corrected chi connectivity index (χ4v) is 7.77. The van der Waals surface area contributed by atoms with Crippen LogP contribution in [-0.2, 0) is 26.5 Å². The van der Waals surface area contributed by atoms with E-state index in [0.717, 1.165) is 77.9 Å². The summed E-state index contributed by atoms with van der Waals surface area (Å²) in [6.45, 7) is 8.91. The van der Waals surface area contributed by atoms with Crippen LogP contribution in [0.15, 0.2) is 140 Å². The number of pyridine rings is 1. The molecule has 258 valence electrons. The SMILES string of the molecule is Cc1ccc2c(c1)c1ccc(-c3cccc4c3nc(-c3cccc5c3[n-]c3ccc(C(C)(C)C)cc35)n4-c3ccccc3)[c-]c1n2-c1ccccn1.[Pt+2]. The average Bonchev–Trinajstić information content (AvgIpc) is 3.84. The molecule has 5 nitrogen and oxygen atoms in total. The van der Waals surface area contributed by atoms with Gasteiger partial charge in [0.1, 0.15) is 11.6 Å². The number of fused-ring (bicyclic) bond motifs is 7. The second kappa shape index (κ2) is 12.4. The van der Waals surface area contributed by atoms with Crippen LogP contribution in [0.1, 0.15) is 31.9 Å². The minimum atomic E-state index is 0. The van der Waals surface area contributed by atoms with E-state index in [4.69, 9.17) is 15.0 Å². The molecule has 10 rings (SSSR count). The minimum Gasteiger partial charge on any atom is -0.656 e. The van der Waals surface area contributed by atoms with Crippen LogP contribution in [0.25, 0.3) is 88.7 Å². The van der Waals surface area contributed by atoms with Crippen LogP contribution >= 0.6 is 0 Å². The molecule has 0 radical (unpaired) electrons. The van der Waals surface area contributed by atoms with Crippen molar-refractivity contribution < 1.29 is 21.1 Å². The van der Waals surface area contributed by atoms with Crippen molar-refractivity contribution in [3.8, 4) is 34.0 Å². The van der Waals surface area contributed by atoms with E-state index >= 15 is 0 Å². The Balaban J connectivity index is 0.00000372. The molecule has 4 aromatic heterocycles. The third kappa shape index (κ3) is 5.25. The topological polar surface area (TPSA) is 49.7 Å². The molecule has 0 fully saturated rings. The summed E-state index contributed by atoms with van der Waals surface area (Å²) in [6.07, 6.45) is 1.85. The van der Waals surface area contributed by atoms with Crippen molar-refractivity contribution in [1.29, 1.82) is 0 Å². The molecule has 6 heteroatoms. The molecule has 0 atom stereocenters. The molecule has 0 aliphatic heterocycles. The zero-order valence-electron chi connectivity index (χ0n) is 29.8. The summed E-state index contributed by atoms with van der Waals surface area (Å²) < 4.78 is 4.50. The maximum absolute atomic E-state index is 5.51. The van der Waals surface area contributed by atoms with Crippen LogP contribution in [0.3, 0.4) is 0 Å². The Bertz CT molecular complexity index is 3000. The Labute approximate surface area is 322 Å². The van der Waals surface area contributed by atoms with Gasteiger partial charge in [-0.1, -0.05) is 122 Å². The van der Waals surface area contributed by atoms with Crippen molar-refractivity contribution >= 4 is 54.6 Å². The van der Waals surface area contributed by atoms with E-state index in [1.807, 2.05) is 18.3 Å². The molecule has 0 spiro atoms. The second-order valence-corrected chi connectivity index (χ2v) is 14.8. The number of hydrogen-bond acceptors (Lipinski definition) is 2. The van der Waals surface area contributed by atoms with Crippen LogP contribution in [0.5, 0.6) is 0 Å². The molecule has 0 aliphatic rings. The summed E-state index contributed by atoms with van der Waals surface area (Å²) in [6, 6.07) is 51.0. The smallest absolute Gasteiger partial charge is 0.656 e. The monoisotopic (exact) mass is 864 g/mol. The predicted octanol–water partition coefficient (Wildman–Crippen LogP) is 11.5. The Morgan fingerprint density at radius 3 is 2.26 bits per heavy atom. The normalized spacial score (nSPS) is 12.0. The Morgan fingerprint density at radius 2 is 1.45 bits per heavy atom. The van der Waals surface area contributed by atoms with Gasteiger partial charge in [0.05, 0.1) is 11.0 Å². The molecular weight excluding hydrogens is 830 g/mol. The predicted molar refractivity (Wildman–Crippen MR) is 215 cm³/mol. The number of nitrogens with zero attached hydrogens (tertiary/aromatic N) is 5. The number of benzene rings is 6. The maximum Gasteiger partial charge on any atom is 2.00 e. The van der Waals surface area contributed by atoms with Gasteiger partial charge in [-0.15, -0.1) is 34.8 Å². The van der Waals surface area contributed by atoms with Crippen LogP contribution < -0.4 is 4.98 Å². The van der Waals surface area contributed by atoms with E-state index in [1.54, 1.807) is 0 Å². The summed E-state index contributed by atoms with van der Waals surface area (Å²) in [5, 5.41) is 4.65. The first-order valence-corrected chi connectivity index (χ1v) is 17.8. The largest absolute Gasteiger partial charge is 2.00 e. The molecule has 0 aliphatic carbocycles. The van der Waals surface area contributed by atoms with Gasteiger partial charge in [-0.3, -0.25) is 4.57 Å². The molecule has 0 bridgehead atoms. The van der Waals surface area contributed by atoms with E-state index < -0.39 is 0 Å². The molecule has 6 aromatic carbocycles. The third-order valence-electron chi connectivity index (χ3n) is 10.4. The number of rotatable bonds is 4. The van der Waals surface area contributed by atoms with Gasteiger partial charge in [-0.25, -0.2) is 9.97 Å². The quantitative estimate of drug-likeness (QED) is 0.166. The summed E-state index contributed by atoms with van der Waals surface area (Å²) in [5.41, 5.74) is 12.6. The molecule has 4 heterocycles. The Hall–Kier alpha value is -5.77. The molecule has 0 unspecified atom stereocenters. The number of aromatic nitrogens is 5. The van der Waals surface area contributed by atoms with Gasteiger partial charge in [0, 0.05) is 23.0 Å². The van der Waals surface area contributed by atoms with Gasteiger partial charge in [-0.2, -0.15) is 0 Å². The first-order valence-electron chi connectivity index (χ1n) is 17.8. The van der Waals surface area contributed by atoms with Crippen LogP contribution in [0.4, 0.5) is 0 Å². The minimum absolute atomic E-state index is 0. The van der Waals surface area contributed by atoms with Gasteiger partial charge >= 0.3 is 21.1 Å². The summed E-state index contributed by atoms with van der Waals surface area (Å²) in [4.78, 5) is 15.5. The number of imidazole rings is 1. The van der Waals surface area contributed by atoms with Gasteiger partial charge < -0.3 is 9.55 Å². The van der Waals surface area contributed by atoms with Crippen molar-refractivity contribution in [3.05, 3.63) is 157 Å². The zero-order chi connectivity index (χ0) is 35.1. The van der Waals surface area contributed by atoms with Crippen molar-refractivity contribution in [3.63, 3.8) is 0 Å². The van der Waals surface area contributed by atoms with E-state index in [-0.39, 0.29) is 26.5 Å². The van der Waals surface area contributed by atoms with Gasteiger partial charge in [0.25, 0.3) is 0 Å². The summed E-state index contributed by atoms with van der Waals surface area (Å²) in [5.74, 6) is 1.73. The fraction of sp³-hybridized carbons (Fsp3) is 0.106. The van der Waals surface area contributed by atoms with Crippen LogP contribution in [-0.4, -0.2) is 19.1 Å². The Kier molecular flexibility index (Phi) is 7.76. The van der Waals surface area contributed by atoms with Crippen molar-refractivity contribution in [1.82, 2.24) is 24.1 Å². The number of hydrogen-bond donors (Lipinski definition) is 0. The van der Waals surface area contributed by atoms with Crippen molar-refractivity contribution in [2.75, 3.05) is 0 Å². The Morgan fingerprint density at radius 1 is 0.642 bits per heavy atom. The molecule has 53 heavy (non-hydrogen) atoms. The summed E-state index contributed by atoms with van der Waals surface area (Å²) >= 11 is 0. The first kappa shape index (κ1) is 33.1.